The molecule has 3 rings (SSSR count). The number of hydrogen-bond donors (Lipinski definition) is 0. The van der Waals surface area contributed by atoms with Crippen molar-refractivity contribution < 1.29 is 0 Å². The molecule has 24 heavy (non-hydrogen) atoms. The Balaban J connectivity index is 2.16. The minimum atomic E-state index is 0.637. The molecule has 0 spiro atoms. The molecule has 0 unspecified atom stereocenters. The van der Waals surface area contributed by atoms with Crippen molar-refractivity contribution in [3.05, 3.63) is 36.3 Å². The molecule has 6 heteroatoms. The fourth-order valence-corrected chi connectivity index (χ4v) is 2.93. The fraction of sp³-hybridized carbons (Fsp3) is 0.444. The van der Waals surface area contributed by atoms with Crippen LogP contribution in [0.3, 0.4) is 0 Å². The number of rotatable bonds is 7. The van der Waals surface area contributed by atoms with Crippen LogP contribution in [-0.4, -0.2) is 37.7 Å². The predicted molar refractivity (Wildman–Crippen MR) is 96.2 cm³/mol. The highest BCUT2D eigenvalue weighted by molar-refractivity contribution is 5.59. The van der Waals surface area contributed by atoms with Gasteiger partial charge in [-0.05, 0) is 31.4 Å². The van der Waals surface area contributed by atoms with Crippen molar-refractivity contribution in [2.75, 3.05) is 18.0 Å². The first kappa shape index (κ1) is 16.4. The van der Waals surface area contributed by atoms with E-state index >= 15 is 0 Å². The summed E-state index contributed by atoms with van der Waals surface area (Å²) in [5.41, 5.74) is 2.11. The molecule has 0 bridgehead atoms. The summed E-state index contributed by atoms with van der Waals surface area (Å²) in [5, 5.41) is 4.74. The normalized spacial score (nSPS) is 11.1. The Morgan fingerprint density at radius 3 is 2.50 bits per heavy atom. The topological polar surface area (TPSA) is 59.2 Å². The Kier molecular flexibility index (Phi) is 5.03. The maximum atomic E-state index is 4.74. The van der Waals surface area contributed by atoms with Crippen LogP contribution >= 0.6 is 0 Å². The molecule has 6 nitrogen and oxygen atoms in total. The van der Waals surface area contributed by atoms with Gasteiger partial charge >= 0.3 is 0 Å². The largest absolute Gasteiger partial charge is 0.356 e. The Morgan fingerprint density at radius 2 is 1.88 bits per heavy atom. The molecule has 0 atom stereocenters. The number of hydrogen-bond acceptors (Lipinski definition) is 5. The van der Waals surface area contributed by atoms with Gasteiger partial charge in [-0.2, -0.15) is 9.50 Å². The maximum Gasteiger partial charge on any atom is 0.254 e. The van der Waals surface area contributed by atoms with Gasteiger partial charge < -0.3 is 4.90 Å². The van der Waals surface area contributed by atoms with Gasteiger partial charge in [-0.3, -0.25) is 4.98 Å². The summed E-state index contributed by atoms with van der Waals surface area (Å²) < 4.78 is 1.90. The lowest BCUT2D eigenvalue weighted by molar-refractivity contribution is 0.709. The highest BCUT2D eigenvalue weighted by Crippen LogP contribution is 2.24. The van der Waals surface area contributed by atoms with Crippen molar-refractivity contribution in [3.63, 3.8) is 0 Å². The Bertz CT molecular complexity index is 790. The van der Waals surface area contributed by atoms with E-state index in [1.54, 1.807) is 12.4 Å². The van der Waals surface area contributed by atoms with Crippen LogP contribution in [0.15, 0.2) is 30.7 Å². The molecule has 0 N–H and O–H groups in total. The molecule has 0 amide bonds. The second-order valence-corrected chi connectivity index (χ2v) is 5.84. The number of nitrogens with zero attached hydrogens (tertiary/aromatic N) is 6. The molecular weight excluding hydrogens is 300 g/mol. The fourth-order valence-electron chi connectivity index (χ4n) is 2.93. The summed E-state index contributed by atoms with van der Waals surface area (Å²) in [6, 6.07) is 3.87. The number of pyridine rings is 1. The van der Waals surface area contributed by atoms with Gasteiger partial charge in [0.25, 0.3) is 5.78 Å². The van der Waals surface area contributed by atoms with Gasteiger partial charge in [0.1, 0.15) is 5.82 Å². The predicted octanol–water partition coefficient (Wildman–Crippen LogP) is 3.38. The van der Waals surface area contributed by atoms with Gasteiger partial charge in [0.05, 0.1) is 0 Å². The summed E-state index contributed by atoms with van der Waals surface area (Å²) >= 11 is 0. The van der Waals surface area contributed by atoms with E-state index in [1.165, 1.54) is 5.56 Å². The van der Waals surface area contributed by atoms with Gasteiger partial charge in [-0.15, -0.1) is 5.10 Å². The molecule has 0 aromatic carbocycles. The highest BCUT2D eigenvalue weighted by atomic mass is 15.4. The molecule has 0 aliphatic carbocycles. The highest BCUT2D eigenvalue weighted by Gasteiger charge is 2.18. The molecule has 0 aliphatic heterocycles. The summed E-state index contributed by atoms with van der Waals surface area (Å²) in [6.45, 7) is 8.57. The monoisotopic (exact) mass is 324 g/mol. The van der Waals surface area contributed by atoms with Gasteiger partial charge in [0, 0.05) is 42.8 Å². The maximum absolute atomic E-state index is 4.74. The molecule has 126 valence electrons. The van der Waals surface area contributed by atoms with Crippen molar-refractivity contribution in [1.29, 1.82) is 0 Å². The number of aryl methyl sites for hydroxylation is 1. The Morgan fingerprint density at radius 1 is 1.08 bits per heavy atom. The van der Waals surface area contributed by atoms with Crippen molar-refractivity contribution in [3.8, 4) is 11.4 Å². The van der Waals surface area contributed by atoms with Crippen LogP contribution in [0.4, 0.5) is 5.82 Å². The zero-order valence-corrected chi connectivity index (χ0v) is 14.6. The van der Waals surface area contributed by atoms with E-state index in [-0.39, 0.29) is 0 Å². The van der Waals surface area contributed by atoms with Crippen LogP contribution < -0.4 is 4.90 Å². The average molecular weight is 324 g/mol. The minimum absolute atomic E-state index is 0.637. The molecule has 0 radical (unpaired) electrons. The van der Waals surface area contributed by atoms with E-state index in [4.69, 9.17) is 5.10 Å². The van der Waals surface area contributed by atoms with Crippen molar-refractivity contribution >= 4 is 11.6 Å². The number of fused-ring (bicyclic) bond motifs is 1. The molecule has 0 aliphatic rings. The molecular formula is C18H24N6. The first-order valence-corrected chi connectivity index (χ1v) is 8.68. The lowest BCUT2D eigenvalue weighted by Gasteiger charge is -2.26. The third-order valence-electron chi connectivity index (χ3n) is 4.00. The van der Waals surface area contributed by atoms with Crippen molar-refractivity contribution in [2.45, 2.75) is 40.0 Å². The van der Waals surface area contributed by atoms with E-state index in [9.17, 15) is 0 Å². The summed E-state index contributed by atoms with van der Waals surface area (Å²) in [6.07, 6.45) is 8.58. The zero-order chi connectivity index (χ0) is 16.9. The first-order valence-electron chi connectivity index (χ1n) is 8.68. The van der Waals surface area contributed by atoms with Gasteiger partial charge in [-0.25, -0.2) is 4.98 Å². The number of anilines is 1. The quantitative estimate of drug-likeness (QED) is 0.667. The lowest BCUT2D eigenvalue weighted by Crippen LogP contribution is -2.28. The van der Waals surface area contributed by atoms with Gasteiger partial charge in [0.15, 0.2) is 5.82 Å². The number of aromatic nitrogens is 5. The molecule has 3 aromatic rings. The average Bonchev–Trinajstić information content (AvgIpc) is 3.05. The summed E-state index contributed by atoms with van der Waals surface area (Å²) in [7, 11) is 0. The van der Waals surface area contributed by atoms with Crippen LogP contribution in [-0.2, 0) is 6.42 Å². The minimum Gasteiger partial charge on any atom is -0.356 e. The second-order valence-electron chi connectivity index (χ2n) is 5.84. The smallest absolute Gasteiger partial charge is 0.254 e. The first-order chi connectivity index (χ1) is 11.8. The van der Waals surface area contributed by atoms with Crippen LogP contribution in [0.2, 0.25) is 0 Å². The molecule has 3 heterocycles. The lowest BCUT2D eigenvalue weighted by atomic mass is 10.2. The molecule has 0 fully saturated rings. The van der Waals surface area contributed by atoms with Crippen LogP contribution in [0.25, 0.3) is 17.2 Å². The van der Waals surface area contributed by atoms with Crippen molar-refractivity contribution in [2.24, 2.45) is 0 Å². The van der Waals surface area contributed by atoms with E-state index in [1.807, 2.05) is 22.8 Å². The van der Waals surface area contributed by atoms with Gasteiger partial charge in [0.2, 0.25) is 0 Å². The van der Waals surface area contributed by atoms with Crippen LogP contribution in [0.1, 0.15) is 39.2 Å². The summed E-state index contributed by atoms with van der Waals surface area (Å²) in [5.74, 6) is 2.42. The zero-order valence-electron chi connectivity index (χ0n) is 14.6. The second kappa shape index (κ2) is 7.38. The third kappa shape index (κ3) is 3.09. The summed E-state index contributed by atoms with van der Waals surface area (Å²) in [4.78, 5) is 15.7. The molecule has 3 aromatic heterocycles. The Labute approximate surface area is 142 Å². The van der Waals surface area contributed by atoms with Gasteiger partial charge in [-0.1, -0.05) is 20.8 Å². The van der Waals surface area contributed by atoms with E-state index in [0.29, 0.717) is 11.6 Å². The van der Waals surface area contributed by atoms with Crippen LogP contribution in [0, 0.1) is 0 Å². The third-order valence-corrected chi connectivity index (χ3v) is 4.00. The van der Waals surface area contributed by atoms with Crippen molar-refractivity contribution in [1.82, 2.24) is 24.6 Å². The molecule has 0 saturated carbocycles. The molecule has 0 saturated heterocycles. The Hall–Kier alpha value is -2.50. The van der Waals surface area contributed by atoms with E-state index in [0.717, 1.165) is 43.7 Å². The standard InChI is InChI=1S/C18H24N6/c1-4-10-23(11-5-2)17-14(6-3)13-20-18-21-16(22-24(17)18)15-8-7-9-19-12-15/h7-9,12-13H,4-6,10-11H2,1-3H3. The SMILES string of the molecule is CCCN(CCC)c1c(CC)cnc2nc(-c3cccnc3)nn12. The van der Waals surface area contributed by atoms with E-state index < -0.39 is 0 Å². The van der Waals surface area contributed by atoms with Crippen LogP contribution in [0.5, 0.6) is 0 Å². The van der Waals surface area contributed by atoms with E-state index in [2.05, 4.69) is 40.6 Å².